The summed E-state index contributed by atoms with van der Waals surface area (Å²) in [6.07, 6.45) is 4.35. The van der Waals surface area contributed by atoms with E-state index in [4.69, 9.17) is 21.4 Å². The fourth-order valence-corrected chi connectivity index (χ4v) is 3.37. The first-order valence-electron chi connectivity index (χ1n) is 9.13. The number of carbonyl (C=O) groups excluding carboxylic acids is 1. The topological polar surface area (TPSA) is 78.9 Å². The molecule has 0 saturated heterocycles. The Labute approximate surface area is 158 Å². The van der Waals surface area contributed by atoms with Crippen molar-refractivity contribution in [2.24, 2.45) is 5.92 Å². The van der Waals surface area contributed by atoms with Crippen LogP contribution in [0, 0.1) is 5.92 Å². The van der Waals surface area contributed by atoms with Crippen LogP contribution in [-0.2, 0) is 9.59 Å². The number of nitrogens with one attached hydrogen (secondary N) is 1. The number of carboxylic acids is 1. The van der Waals surface area contributed by atoms with Crippen LogP contribution >= 0.6 is 11.6 Å². The zero-order valence-electron chi connectivity index (χ0n) is 14.7. The smallest absolute Gasteiger partial charge is 0.317 e. The molecule has 7 heteroatoms. The third kappa shape index (κ3) is 5.88. The summed E-state index contributed by atoms with van der Waals surface area (Å²) in [7, 11) is 0. The van der Waals surface area contributed by atoms with Gasteiger partial charge in [-0.3, -0.25) is 14.5 Å². The molecule has 0 spiro atoms. The maximum Gasteiger partial charge on any atom is 0.317 e. The molecule has 142 valence electrons. The number of hydrogen-bond acceptors (Lipinski definition) is 4. The second-order valence-corrected chi connectivity index (χ2v) is 7.65. The first-order valence-corrected chi connectivity index (χ1v) is 9.51. The van der Waals surface area contributed by atoms with Gasteiger partial charge in [-0.1, -0.05) is 11.6 Å². The van der Waals surface area contributed by atoms with Gasteiger partial charge in [0.15, 0.2) is 0 Å². The Morgan fingerprint density at radius 3 is 2.54 bits per heavy atom. The zero-order chi connectivity index (χ0) is 18.5. The van der Waals surface area contributed by atoms with Crippen LogP contribution in [0.25, 0.3) is 0 Å². The van der Waals surface area contributed by atoms with E-state index in [1.807, 2.05) is 0 Å². The van der Waals surface area contributed by atoms with Gasteiger partial charge in [0.1, 0.15) is 5.75 Å². The zero-order valence-corrected chi connectivity index (χ0v) is 15.5. The third-order valence-electron chi connectivity index (χ3n) is 4.93. The summed E-state index contributed by atoms with van der Waals surface area (Å²) in [6, 6.07) is 7.44. The van der Waals surface area contributed by atoms with Gasteiger partial charge in [-0.05, 0) is 55.9 Å². The number of amides is 1. The van der Waals surface area contributed by atoms with Crippen LogP contribution in [0.15, 0.2) is 24.3 Å². The minimum atomic E-state index is -0.780. The lowest BCUT2D eigenvalue weighted by molar-refractivity contribution is -0.140. The maximum atomic E-state index is 12.0. The molecule has 1 amide bonds. The van der Waals surface area contributed by atoms with Crippen molar-refractivity contribution in [3.63, 3.8) is 0 Å². The summed E-state index contributed by atoms with van der Waals surface area (Å²) >= 11 is 5.81. The largest absolute Gasteiger partial charge is 0.493 e. The van der Waals surface area contributed by atoms with E-state index in [1.165, 1.54) is 12.8 Å². The molecule has 2 saturated carbocycles. The number of carbonyl (C=O) groups is 2. The minimum absolute atomic E-state index is 0.0330. The molecule has 0 heterocycles. The third-order valence-corrected chi connectivity index (χ3v) is 5.19. The average Bonchev–Trinajstić information content (AvgIpc) is 3.35. The van der Waals surface area contributed by atoms with E-state index in [0.717, 1.165) is 19.4 Å². The molecule has 0 unspecified atom stereocenters. The molecule has 2 aliphatic carbocycles. The normalized spacial score (nSPS) is 21.9. The van der Waals surface area contributed by atoms with Gasteiger partial charge in [0, 0.05) is 23.7 Å². The molecule has 0 aliphatic heterocycles. The average molecular weight is 381 g/mol. The van der Waals surface area contributed by atoms with Gasteiger partial charge in [0.05, 0.1) is 19.6 Å². The number of rotatable bonds is 10. The summed E-state index contributed by atoms with van der Waals surface area (Å²) in [6.45, 7) is 1.28. The summed E-state index contributed by atoms with van der Waals surface area (Å²) in [4.78, 5) is 25.1. The minimum Gasteiger partial charge on any atom is -0.493 e. The molecule has 1 aromatic carbocycles. The molecule has 26 heavy (non-hydrogen) atoms. The van der Waals surface area contributed by atoms with Crippen molar-refractivity contribution in [1.29, 1.82) is 0 Å². The van der Waals surface area contributed by atoms with Crippen LogP contribution in [0.2, 0.25) is 5.02 Å². The highest BCUT2D eigenvalue weighted by Gasteiger charge is 2.37. The Bertz CT molecular complexity index is 627. The lowest BCUT2D eigenvalue weighted by atomic mass is 9.85. The van der Waals surface area contributed by atoms with E-state index in [2.05, 4.69) is 10.2 Å². The monoisotopic (exact) mass is 380 g/mol. The predicted octanol–water partition coefficient (Wildman–Crippen LogP) is 2.55. The molecule has 2 aliphatic rings. The van der Waals surface area contributed by atoms with Crippen LogP contribution in [0.4, 0.5) is 0 Å². The molecular formula is C19H25ClN2O4. The number of ether oxygens (including phenoxy) is 1. The van der Waals surface area contributed by atoms with Crippen molar-refractivity contribution in [2.45, 2.75) is 44.2 Å². The summed E-state index contributed by atoms with van der Waals surface area (Å²) in [5.41, 5.74) is 0. The number of nitrogens with zero attached hydrogens (tertiary/aromatic N) is 1. The van der Waals surface area contributed by atoms with E-state index in [1.54, 1.807) is 24.3 Å². The molecule has 0 radical (unpaired) electrons. The fourth-order valence-electron chi connectivity index (χ4n) is 3.24. The lowest BCUT2D eigenvalue weighted by Crippen LogP contribution is -2.55. The molecule has 3 rings (SSSR count). The number of carboxylic acid groups (broad SMARTS) is 1. The second kappa shape index (κ2) is 8.73. The maximum absolute atomic E-state index is 12.0. The van der Waals surface area contributed by atoms with Gasteiger partial charge in [0.2, 0.25) is 5.91 Å². The highest BCUT2D eigenvalue weighted by molar-refractivity contribution is 6.30. The number of hydrogen-bond donors (Lipinski definition) is 2. The fraction of sp³-hybridized carbons (Fsp3) is 0.579. The van der Waals surface area contributed by atoms with E-state index >= 15 is 0 Å². The standard InChI is InChI=1S/C19H25ClN2O4/c20-14-3-5-17(6-4-14)26-8-7-18(23)21-15-9-16(10-15)22(12-19(24)25)11-13-1-2-13/h3-6,13,15-16H,1-2,7-12H2,(H,21,23)(H,24,25). The molecule has 6 nitrogen and oxygen atoms in total. The number of aliphatic carboxylic acids is 1. The highest BCUT2D eigenvalue weighted by atomic mass is 35.5. The van der Waals surface area contributed by atoms with Gasteiger partial charge in [-0.15, -0.1) is 0 Å². The Kier molecular flexibility index (Phi) is 6.38. The summed E-state index contributed by atoms with van der Waals surface area (Å²) in [5.74, 6) is 0.537. The Morgan fingerprint density at radius 2 is 1.92 bits per heavy atom. The Balaban J connectivity index is 1.33. The summed E-state index contributed by atoms with van der Waals surface area (Å²) in [5, 5.41) is 12.7. The molecule has 0 bridgehead atoms. The Morgan fingerprint density at radius 1 is 1.23 bits per heavy atom. The first kappa shape index (κ1) is 19.0. The van der Waals surface area contributed by atoms with Gasteiger partial charge < -0.3 is 15.2 Å². The van der Waals surface area contributed by atoms with E-state index in [-0.39, 0.29) is 24.5 Å². The Hall–Kier alpha value is -1.79. The number of benzene rings is 1. The van der Waals surface area contributed by atoms with Crippen molar-refractivity contribution in [2.75, 3.05) is 19.7 Å². The quantitative estimate of drug-likeness (QED) is 0.652. The van der Waals surface area contributed by atoms with Crippen molar-refractivity contribution < 1.29 is 19.4 Å². The van der Waals surface area contributed by atoms with E-state index in [9.17, 15) is 9.59 Å². The second-order valence-electron chi connectivity index (χ2n) is 7.21. The lowest BCUT2D eigenvalue weighted by Gasteiger charge is -2.42. The molecule has 2 fully saturated rings. The molecule has 2 N–H and O–H groups in total. The van der Waals surface area contributed by atoms with Crippen molar-refractivity contribution in [3.05, 3.63) is 29.3 Å². The van der Waals surface area contributed by atoms with E-state index < -0.39 is 5.97 Å². The molecule has 1 aromatic rings. The van der Waals surface area contributed by atoms with Crippen LogP contribution in [0.3, 0.4) is 0 Å². The van der Waals surface area contributed by atoms with Gasteiger partial charge in [-0.2, -0.15) is 0 Å². The van der Waals surface area contributed by atoms with Crippen molar-refractivity contribution >= 4 is 23.5 Å². The first-order chi connectivity index (χ1) is 12.5. The van der Waals surface area contributed by atoms with Crippen LogP contribution in [0.5, 0.6) is 5.75 Å². The summed E-state index contributed by atoms with van der Waals surface area (Å²) < 4.78 is 5.53. The van der Waals surface area contributed by atoms with Crippen molar-refractivity contribution in [3.8, 4) is 5.75 Å². The molecule has 0 atom stereocenters. The van der Waals surface area contributed by atoms with Gasteiger partial charge in [0.25, 0.3) is 0 Å². The van der Waals surface area contributed by atoms with E-state index in [0.29, 0.717) is 29.7 Å². The van der Waals surface area contributed by atoms with Gasteiger partial charge in [-0.25, -0.2) is 0 Å². The van der Waals surface area contributed by atoms with Crippen LogP contribution in [-0.4, -0.2) is 53.7 Å². The highest BCUT2D eigenvalue weighted by Crippen LogP contribution is 2.33. The van der Waals surface area contributed by atoms with Crippen molar-refractivity contribution in [1.82, 2.24) is 10.2 Å². The van der Waals surface area contributed by atoms with Gasteiger partial charge >= 0.3 is 5.97 Å². The SMILES string of the molecule is O=C(O)CN(CC1CC1)C1CC(NC(=O)CCOc2ccc(Cl)cc2)C1. The molecule has 0 aromatic heterocycles. The van der Waals surface area contributed by atoms with Crippen LogP contribution in [0.1, 0.15) is 32.1 Å². The predicted molar refractivity (Wildman–Crippen MR) is 98.4 cm³/mol. The molecular weight excluding hydrogens is 356 g/mol. The number of halogens is 1. The van der Waals surface area contributed by atoms with Crippen LogP contribution < -0.4 is 10.1 Å².